The molecular weight excluding hydrogens is 858 g/mol. The molecule has 270 valence electrons. The molecule has 55 heavy (non-hydrogen) atoms. The Labute approximate surface area is 334 Å². The number of imidazole rings is 1. The van der Waals surface area contributed by atoms with Crippen molar-refractivity contribution in [3.05, 3.63) is 168 Å². The van der Waals surface area contributed by atoms with Gasteiger partial charge in [0.15, 0.2) is 0 Å². The van der Waals surface area contributed by atoms with E-state index in [-0.39, 0.29) is 32.2 Å². The Morgan fingerprint density at radius 3 is 2.25 bits per heavy atom. The maximum Gasteiger partial charge on any atom is 0.149 e. The number of aromatic nitrogens is 3. The molecule has 0 radical (unpaired) electrons. The van der Waals surface area contributed by atoms with Gasteiger partial charge < -0.3 is 9.52 Å². The van der Waals surface area contributed by atoms with E-state index in [1.807, 2.05) is 30.5 Å². The van der Waals surface area contributed by atoms with Crippen molar-refractivity contribution in [2.75, 3.05) is 0 Å². The van der Waals surface area contributed by atoms with Crippen LogP contribution in [0, 0.1) is 19.9 Å². The van der Waals surface area contributed by atoms with E-state index in [1.165, 1.54) is 11.1 Å². The quantitative estimate of drug-likeness (QED) is 0.175. The van der Waals surface area contributed by atoms with Gasteiger partial charge in [-0.2, -0.15) is 0 Å². The third-order valence-corrected chi connectivity index (χ3v) is 11.2. The van der Waals surface area contributed by atoms with E-state index in [0.29, 0.717) is 11.4 Å². The summed E-state index contributed by atoms with van der Waals surface area (Å²) in [7, 11) is 0. The summed E-state index contributed by atoms with van der Waals surface area (Å²) in [5.74, 6) is 0.806. The summed E-state index contributed by atoms with van der Waals surface area (Å²) in [5.41, 5.74) is 16.4. The van der Waals surface area contributed by atoms with Gasteiger partial charge in [-0.25, -0.2) is 4.98 Å². The van der Waals surface area contributed by atoms with E-state index in [9.17, 15) is 5.11 Å². The number of aromatic hydroxyl groups is 1. The first-order chi connectivity index (χ1) is 26.3. The number of furan rings is 1. The molecular formula is C49H36N3O2Pt-. The summed E-state index contributed by atoms with van der Waals surface area (Å²) in [6.45, 7) is 8.71. The van der Waals surface area contributed by atoms with Gasteiger partial charge in [-0.1, -0.05) is 122 Å². The molecule has 9 aromatic rings. The number of nitrogens with zero attached hydrogens (tertiary/aromatic N) is 3. The topological polar surface area (TPSA) is 64.1 Å². The second-order valence-electron chi connectivity index (χ2n) is 14.8. The maximum absolute atomic E-state index is 11.7. The smallest absolute Gasteiger partial charge is 0.149 e. The number of phenols is 1. The fourth-order valence-electron chi connectivity index (χ4n) is 8.52. The predicted octanol–water partition coefficient (Wildman–Crippen LogP) is 12.3. The van der Waals surface area contributed by atoms with Crippen LogP contribution in [-0.4, -0.2) is 19.6 Å². The molecule has 0 aliphatic heterocycles. The molecule has 0 unspecified atom stereocenters. The van der Waals surface area contributed by atoms with E-state index < -0.39 is 0 Å². The summed E-state index contributed by atoms with van der Waals surface area (Å²) in [5, 5.41) is 12.8. The number of pyridine rings is 1. The molecule has 1 aliphatic carbocycles. The molecule has 1 aliphatic rings. The number of fused-ring (bicyclic) bond motifs is 3. The number of phenolic OH excluding ortho intramolecular Hbond substituents is 1. The first-order valence-corrected chi connectivity index (χ1v) is 18.3. The van der Waals surface area contributed by atoms with Crippen molar-refractivity contribution < 1.29 is 30.6 Å². The maximum atomic E-state index is 11.7. The summed E-state index contributed by atoms with van der Waals surface area (Å²) in [6, 6.07) is 49.0. The Morgan fingerprint density at radius 1 is 0.691 bits per heavy atom. The molecule has 3 aromatic heterocycles. The van der Waals surface area contributed by atoms with E-state index in [4.69, 9.17) is 14.4 Å². The van der Waals surface area contributed by atoms with E-state index in [1.54, 1.807) is 6.07 Å². The third kappa shape index (κ3) is 5.32. The minimum absolute atomic E-state index is 0. The minimum atomic E-state index is -0.297. The van der Waals surface area contributed by atoms with Crippen LogP contribution < -0.4 is 0 Å². The zero-order chi connectivity index (χ0) is 36.7. The first-order valence-electron chi connectivity index (χ1n) is 18.3. The van der Waals surface area contributed by atoms with Gasteiger partial charge in [0.05, 0.1) is 39.8 Å². The van der Waals surface area contributed by atoms with E-state index >= 15 is 0 Å². The largest absolute Gasteiger partial charge is 0.507 e. The Morgan fingerprint density at radius 2 is 1.44 bits per heavy atom. The normalized spacial score (nSPS) is 12.8. The van der Waals surface area contributed by atoms with Gasteiger partial charge in [-0.3, -0.25) is 9.55 Å². The standard InChI is InChI=1S/C49H36N3O2.Pt/c1-29-13-10-14-30(2)44(29)32-23-26-42(53)36(27-32)48-51-47-34(18-11-21-41(47)52(48)40-20-9-8-17-33(40)31-15-6-5-7-16-31)39-25-24-37-46(50-39)35-19-12-22-43-45(35)38(28-54-43)49(37,3)4;/h5-18,20-28,53H,1-4H3;/q-1;. The zero-order valence-corrected chi connectivity index (χ0v) is 33.1. The van der Waals surface area contributed by atoms with E-state index in [2.05, 4.69) is 141 Å². The first kappa shape index (κ1) is 34.7. The Kier molecular flexibility index (Phi) is 8.25. The van der Waals surface area contributed by atoms with Gasteiger partial charge in [0.25, 0.3) is 0 Å². The second kappa shape index (κ2) is 13.1. The number of para-hydroxylation sites is 2. The van der Waals surface area contributed by atoms with Gasteiger partial charge in [-0.15, -0.1) is 17.7 Å². The molecule has 0 bridgehead atoms. The van der Waals surface area contributed by atoms with Crippen molar-refractivity contribution in [1.82, 2.24) is 14.5 Å². The summed E-state index contributed by atoms with van der Waals surface area (Å²) < 4.78 is 8.21. The van der Waals surface area contributed by atoms with Gasteiger partial charge >= 0.3 is 0 Å². The van der Waals surface area contributed by atoms with Gasteiger partial charge in [-0.05, 0) is 83.3 Å². The monoisotopic (exact) mass is 893 g/mol. The second-order valence-corrected chi connectivity index (χ2v) is 14.8. The van der Waals surface area contributed by atoms with Crippen LogP contribution in [0.2, 0.25) is 0 Å². The number of rotatable bonds is 5. The van der Waals surface area contributed by atoms with Crippen LogP contribution in [0.15, 0.2) is 144 Å². The van der Waals surface area contributed by atoms with Crippen LogP contribution in [0.5, 0.6) is 5.75 Å². The van der Waals surface area contributed by atoms with Crippen LogP contribution in [0.4, 0.5) is 0 Å². The molecule has 6 heteroatoms. The minimum Gasteiger partial charge on any atom is -0.507 e. The average molecular weight is 894 g/mol. The Balaban J connectivity index is 0.00000397. The number of hydrogen-bond acceptors (Lipinski definition) is 4. The van der Waals surface area contributed by atoms with Crippen molar-refractivity contribution in [3.63, 3.8) is 0 Å². The Hall–Kier alpha value is -6.03. The van der Waals surface area contributed by atoms with Crippen LogP contribution in [0.1, 0.15) is 36.1 Å². The summed E-state index contributed by atoms with van der Waals surface area (Å²) >= 11 is 0. The molecule has 5 nitrogen and oxygen atoms in total. The predicted molar refractivity (Wildman–Crippen MR) is 218 cm³/mol. The number of hydrogen-bond donors (Lipinski definition) is 1. The van der Waals surface area contributed by atoms with Crippen molar-refractivity contribution >= 4 is 22.0 Å². The van der Waals surface area contributed by atoms with Crippen LogP contribution in [-0.2, 0) is 26.5 Å². The molecule has 0 saturated carbocycles. The number of aryl methyl sites for hydroxylation is 2. The van der Waals surface area contributed by atoms with Crippen molar-refractivity contribution in [2.45, 2.75) is 33.1 Å². The van der Waals surface area contributed by atoms with Crippen molar-refractivity contribution in [1.29, 1.82) is 0 Å². The van der Waals surface area contributed by atoms with Gasteiger partial charge in [0, 0.05) is 37.6 Å². The van der Waals surface area contributed by atoms with E-state index in [0.717, 1.165) is 83.6 Å². The molecule has 0 atom stereocenters. The fraction of sp³-hybridized carbons (Fsp3) is 0.102. The molecule has 10 rings (SSSR count). The molecule has 0 spiro atoms. The molecule has 3 heterocycles. The van der Waals surface area contributed by atoms with Crippen LogP contribution >= 0.6 is 0 Å². The third-order valence-electron chi connectivity index (χ3n) is 11.2. The Bertz CT molecular complexity index is 2940. The zero-order valence-electron chi connectivity index (χ0n) is 30.8. The number of benzene rings is 6. The van der Waals surface area contributed by atoms with Crippen molar-refractivity contribution in [2.24, 2.45) is 0 Å². The molecule has 0 amide bonds. The van der Waals surface area contributed by atoms with Crippen molar-refractivity contribution in [3.8, 4) is 67.6 Å². The molecule has 1 N–H and O–H groups in total. The molecule has 0 fully saturated rings. The summed E-state index contributed by atoms with van der Waals surface area (Å²) in [6.07, 6.45) is 1.88. The SMILES string of the molecule is Cc1cccc(C)c1-c1ccc(O)c(-c2nc3c(-c4ccc5c(n4)-c4[c-]ccc6occ(c46)C5(C)C)cccc3n2-c2ccccc2-c2ccccc2)c1.[Pt]. The molecule has 0 saturated heterocycles. The summed E-state index contributed by atoms with van der Waals surface area (Å²) in [4.78, 5) is 10.9. The average Bonchev–Trinajstić information content (AvgIpc) is 3.81. The van der Waals surface area contributed by atoms with Crippen LogP contribution in [0.3, 0.4) is 0 Å². The van der Waals surface area contributed by atoms with Crippen LogP contribution in [0.25, 0.3) is 83.8 Å². The van der Waals surface area contributed by atoms with Gasteiger partial charge in [0.2, 0.25) is 0 Å². The van der Waals surface area contributed by atoms with Gasteiger partial charge in [0.1, 0.15) is 11.6 Å². The fourth-order valence-corrected chi connectivity index (χ4v) is 8.52. The molecule has 6 aromatic carbocycles.